The van der Waals surface area contributed by atoms with Gasteiger partial charge in [-0.2, -0.15) is 0 Å². The van der Waals surface area contributed by atoms with Crippen LogP contribution in [0, 0.1) is 5.92 Å². The van der Waals surface area contributed by atoms with Gasteiger partial charge in [-0.15, -0.1) is 0 Å². The molecule has 1 saturated heterocycles. The molecular formula is C23H28N2O4. The van der Waals surface area contributed by atoms with Gasteiger partial charge in [0, 0.05) is 6.04 Å². The van der Waals surface area contributed by atoms with Crippen LogP contribution in [0.15, 0.2) is 60.7 Å². The molecule has 2 aromatic rings. The molecule has 1 aliphatic rings. The second-order valence-corrected chi connectivity index (χ2v) is 7.55. The molecule has 0 aromatic heterocycles. The molecule has 0 radical (unpaired) electrons. The number of aliphatic hydroxyl groups excluding tert-OH is 1. The van der Waals surface area contributed by atoms with E-state index < -0.39 is 24.2 Å². The van der Waals surface area contributed by atoms with E-state index in [1.54, 1.807) is 18.7 Å². The largest absolute Gasteiger partial charge is 0.444 e. The Labute approximate surface area is 171 Å². The molecule has 6 heteroatoms. The fraction of sp³-hybridized carbons (Fsp3) is 0.391. The first kappa shape index (κ1) is 20.9. The summed E-state index contributed by atoms with van der Waals surface area (Å²) in [6, 6.07) is 18.4. The van der Waals surface area contributed by atoms with Crippen LogP contribution in [-0.4, -0.2) is 45.7 Å². The molecule has 4 atom stereocenters. The average Bonchev–Trinajstić information content (AvgIpc) is 2.73. The van der Waals surface area contributed by atoms with Crippen molar-refractivity contribution in [2.75, 3.05) is 6.67 Å². The zero-order valence-corrected chi connectivity index (χ0v) is 17.1. The predicted octanol–water partition coefficient (Wildman–Crippen LogP) is 3.57. The third-order valence-electron chi connectivity index (χ3n) is 5.59. The summed E-state index contributed by atoms with van der Waals surface area (Å²) in [4.78, 5) is 29.1. The maximum absolute atomic E-state index is 13.1. The molecule has 154 valence electrons. The van der Waals surface area contributed by atoms with Crippen molar-refractivity contribution >= 4 is 12.0 Å². The van der Waals surface area contributed by atoms with Crippen molar-refractivity contribution < 1.29 is 19.4 Å². The molecule has 1 N–H and O–H groups in total. The van der Waals surface area contributed by atoms with E-state index in [2.05, 4.69) is 0 Å². The lowest BCUT2D eigenvalue weighted by Crippen LogP contribution is -2.62. The Kier molecular flexibility index (Phi) is 6.54. The fourth-order valence-electron chi connectivity index (χ4n) is 3.81. The molecule has 2 aromatic carbocycles. The van der Waals surface area contributed by atoms with Crippen LogP contribution in [0.5, 0.6) is 0 Å². The van der Waals surface area contributed by atoms with Gasteiger partial charge in [0.05, 0.1) is 24.7 Å². The Bertz CT molecular complexity index is 825. The van der Waals surface area contributed by atoms with Crippen LogP contribution >= 0.6 is 0 Å². The zero-order valence-electron chi connectivity index (χ0n) is 17.1. The van der Waals surface area contributed by atoms with Crippen molar-refractivity contribution in [3.63, 3.8) is 0 Å². The lowest BCUT2D eigenvalue weighted by atomic mass is 9.90. The average molecular weight is 396 g/mol. The maximum Gasteiger partial charge on any atom is 0.411 e. The highest BCUT2D eigenvalue weighted by Gasteiger charge is 2.45. The second-order valence-electron chi connectivity index (χ2n) is 7.55. The van der Waals surface area contributed by atoms with Gasteiger partial charge in [-0.05, 0) is 31.9 Å². The lowest BCUT2D eigenvalue weighted by molar-refractivity contribution is -0.155. The van der Waals surface area contributed by atoms with Crippen LogP contribution in [0.2, 0.25) is 0 Å². The first-order valence-electron chi connectivity index (χ1n) is 9.91. The molecule has 1 heterocycles. The third kappa shape index (κ3) is 4.59. The minimum absolute atomic E-state index is 0.118. The minimum Gasteiger partial charge on any atom is -0.444 e. The van der Waals surface area contributed by atoms with Crippen molar-refractivity contribution in [1.82, 2.24) is 9.80 Å². The molecular weight excluding hydrogens is 368 g/mol. The number of benzene rings is 2. The molecule has 0 aliphatic carbocycles. The number of carbonyl (C=O) groups is 2. The molecule has 29 heavy (non-hydrogen) atoms. The zero-order chi connectivity index (χ0) is 21.0. The van der Waals surface area contributed by atoms with Crippen molar-refractivity contribution in [2.24, 2.45) is 5.92 Å². The topological polar surface area (TPSA) is 70.1 Å². The van der Waals surface area contributed by atoms with Crippen LogP contribution in [-0.2, 0) is 16.1 Å². The third-order valence-corrected chi connectivity index (χ3v) is 5.59. The smallest absolute Gasteiger partial charge is 0.411 e. The van der Waals surface area contributed by atoms with Gasteiger partial charge < -0.3 is 14.7 Å². The van der Waals surface area contributed by atoms with E-state index in [-0.39, 0.29) is 25.2 Å². The summed E-state index contributed by atoms with van der Waals surface area (Å²) < 4.78 is 5.50. The normalized spacial score (nSPS) is 21.6. The van der Waals surface area contributed by atoms with E-state index in [1.807, 2.05) is 67.6 Å². The second kappa shape index (κ2) is 9.09. The van der Waals surface area contributed by atoms with E-state index in [4.69, 9.17) is 4.74 Å². The molecule has 0 bridgehead atoms. The van der Waals surface area contributed by atoms with Crippen LogP contribution in [0.3, 0.4) is 0 Å². The van der Waals surface area contributed by atoms with Gasteiger partial charge in [0.2, 0.25) is 5.91 Å². The standard InChI is InChI=1S/C23H28N2O4/c1-16(20-12-8-5-9-13-20)24-15-25(17(2)21(18(3)26)22(24)27)23(28)29-14-19-10-6-4-7-11-19/h4-13,16-18,21,26H,14-15H2,1-3H3/t16-,17+,18+,21-/m0/s1. The van der Waals surface area contributed by atoms with Gasteiger partial charge in [0.1, 0.15) is 6.61 Å². The summed E-state index contributed by atoms with van der Waals surface area (Å²) in [6.45, 7) is 5.57. The molecule has 3 rings (SSSR count). The molecule has 0 spiro atoms. The summed E-state index contributed by atoms with van der Waals surface area (Å²) in [6.07, 6.45) is -1.38. The predicted molar refractivity (Wildman–Crippen MR) is 110 cm³/mol. The van der Waals surface area contributed by atoms with Crippen LogP contribution < -0.4 is 0 Å². The number of rotatable bonds is 5. The SMILES string of the molecule is C[C@@H]1[C@@H]([C@@H](C)O)C(=O)N([C@@H](C)c2ccccc2)CN1C(=O)OCc1ccccc1. The van der Waals surface area contributed by atoms with E-state index in [1.165, 1.54) is 4.90 Å². The van der Waals surface area contributed by atoms with E-state index in [0.717, 1.165) is 11.1 Å². The van der Waals surface area contributed by atoms with Gasteiger partial charge in [-0.1, -0.05) is 60.7 Å². The molecule has 1 aliphatic heterocycles. The van der Waals surface area contributed by atoms with Crippen LogP contribution in [0.25, 0.3) is 0 Å². The summed E-state index contributed by atoms with van der Waals surface area (Å²) >= 11 is 0. The number of nitrogens with zero attached hydrogens (tertiary/aromatic N) is 2. The number of hydrogen-bond donors (Lipinski definition) is 1. The van der Waals surface area contributed by atoms with E-state index in [9.17, 15) is 14.7 Å². The van der Waals surface area contributed by atoms with Crippen molar-refractivity contribution in [2.45, 2.75) is 45.6 Å². The summed E-state index contributed by atoms with van der Waals surface area (Å²) in [7, 11) is 0. The van der Waals surface area contributed by atoms with Gasteiger partial charge in [0.15, 0.2) is 0 Å². The quantitative estimate of drug-likeness (QED) is 0.839. The number of carbonyl (C=O) groups excluding carboxylic acids is 2. The number of amides is 2. The Hall–Kier alpha value is -2.86. The Morgan fingerprint density at radius 1 is 1.10 bits per heavy atom. The van der Waals surface area contributed by atoms with E-state index >= 15 is 0 Å². The lowest BCUT2D eigenvalue weighted by Gasteiger charge is -2.46. The fourth-order valence-corrected chi connectivity index (χ4v) is 3.81. The van der Waals surface area contributed by atoms with Crippen LogP contribution in [0.4, 0.5) is 4.79 Å². The number of hydrogen-bond acceptors (Lipinski definition) is 4. The van der Waals surface area contributed by atoms with E-state index in [0.29, 0.717) is 0 Å². The van der Waals surface area contributed by atoms with Crippen molar-refractivity contribution in [3.05, 3.63) is 71.8 Å². The molecule has 6 nitrogen and oxygen atoms in total. The summed E-state index contributed by atoms with van der Waals surface area (Å²) in [5.74, 6) is -0.866. The van der Waals surface area contributed by atoms with Gasteiger partial charge in [-0.3, -0.25) is 9.69 Å². The van der Waals surface area contributed by atoms with Gasteiger partial charge in [0.25, 0.3) is 0 Å². The van der Waals surface area contributed by atoms with Gasteiger partial charge in [-0.25, -0.2) is 4.79 Å². The first-order chi connectivity index (χ1) is 13.9. The summed E-state index contributed by atoms with van der Waals surface area (Å²) in [5.41, 5.74) is 1.86. The number of ether oxygens (including phenoxy) is 1. The Balaban J connectivity index is 1.80. The highest BCUT2D eigenvalue weighted by atomic mass is 16.6. The van der Waals surface area contributed by atoms with Crippen molar-refractivity contribution in [3.8, 4) is 0 Å². The molecule has 2 amide bonds. The molecule has 1 fully saturated rings. The minimum atomic E-state index is -0.882. The Morgan fingerprint density at radius 3 is 2.28 bits per heavy atom. The highest BCUT2D eigenvalue weighted by molar-refractivity contribution is 5.83. The van der Waals surface area contributed by atoms with Gasteiger partial charge >= 0.3 is 6.09 Å². The maximum atomic E-state index is 13.1. The van der Waals surface area contributed by atoms with Crippen LogP contribution in [0.1, 0.15) is 37.9 Å². The molecule has 0 saturated carbocycles. The number of aliphatic hydroxyl groups is 1. The first-order valence-corrected chi connectivity index (χ1v) is 9.91. The monoisotopic (exact) mass is 396 g/mol. The molecule has 0 unspecified atom stereocenters. The van der Waals surface area contributed by atoms with Crippen molar-refractivity contribution in [1.29, 1.82) is 0 Å². The highest BCUT2D eigenvalue weighted by Crippen LogP contribution is 2.31. The summed E-state index contributed by atoms with van der Waals surface area (Å²) in [5, 5.41) is 10.3. The Morgan fingerprint density at radius 2 is 1.69 bits per heavy atom.